The number of nitrogens with two attached hydrogens (primary N) is 2. The van der Waals surface area contributed by atoms with Gasteiger partial charge >= 0.3 is 0 Å². The van der Waals surface area contributed by atoms with E-state index in [2.05, 4.69) is 0 Å². The van der Waals surface area contributed by atoms with Crippen LogP contribution in [0.1, 0.15) is 11.6 Å². The second kappa shape index (κ2) is 6.01. The van der Waals surface area contributed by atoms with E-state index in [1.54, 1.807) is 12.1 Å². The highest BCUT2D eigenvalue weighted by atomic mass is 35.5. The molecule has 4 N–H and O–H groups in total. The average molecular weight is 276 g/mol. The van der Waals surface area contributed by atoms with Crippen molar-refractivity contribution in [2.75, 3.05) is 6.54 Å². The van der Waals surface area contributed by atoms with E-state index < -0.39 is 0 Å². The lowest BCUT2D eigenvalue weighted by atomic mass is 10.1. The van der Waals surface area contributed by atoms with E-state index >= 15 is 0 Å². The number of halogens is 4. The van der Waals surface area contributed by atoms with Gasteiger partial charge in [0, 0.05) is 23.2 Å². The predicted octanol–water partition coefficient (Wildman–Crippen LogP) is 3.03. The second-order valence-corrected chi connectivity index (χ2v) is 3.79. The largest absolute Gasteiger partial charge is 0.329 e. The fraction of sp³-hybridized carbons (Fsp3) is 0.250. The van der Waals surface area contributed by atoms with Crippen molar-refractivity contribution in [3.05, 3.63) is 32.8 Å². The van der Waals surface area contributed by atoms with Crippen LogP contribution in [-0.2, 0) is 0 Å². The van der Waals surface area contributed by atoms with Gasteiger partial charge in [-0.25, -0.2) is 0 Å². The van der Waals surface area contributed by atoms with Crippen LogP contribution in [0.4, 0.5) is 0 Å². The lowest BCUT2D eigenvalue weighted by Crippen LogP contribution is -2.21. The lowest BCUT2D eigenvalue weighted by Gasteiger charge is -2.13. The first kappa shape index (κ1) is 14.3. The van der Waals surface area contributed by atoms with E-state index in [0.717, 1.165) is 0 Å². The predicted molar refractivity (Wildman–Crippen MR) is 64.7 cm³/mol. The van der Waals surface area contributed by atoms with Crippen molar-refractivity contribution in [3.8, 4) is 0 Å². The topological polar surface area (TPSA) is 52.0 Å². The molecule has 0 heterocycles. The number of hydrogen-bond donors (Lipinski definition) is 2. The van der Waals surface area contributed by atoms with Crippen LogP contribution in [0, 0.1) is 0 Å². The van der Waals surface area contributed by atoms with Gasteiger partial charge in [0.1, 0.15) is 0 Å². The van der Waals surface area contributed by atoms with E-state index in [-0.39, 0.29) is 25.0 Å². The van der Waals surface area contributed by atoms with Crippen LogP contribution >= 0.6 is 47.2 Å². The maximum atomic E-state index is 5.92. The number of hydrogen-bond acceptors (Lipinski definition) is 2. The molecule has 0 bridgehead atoms. The summed E-state index contributed by atoms with van der Waals surface area (Å²) in [4.78, 5) is 0. The van der Waals surface area contributed by atoms with E-state index in [4.69, 9.17) is 46.3 Å². The molecule has 0 aliphatic carbocycles. The van der Waals surface area contributed by atoms with Gasteiger partial charge in [0.2, 0.25) is 0 Å². The van der Waals surface area contributed by atoms with Crippen LogP contribution in [0.5, 0.6) is 0 Å². The molecule has 0 amide bonds. The SMILES string of the molecule is Cl.NC[C@@H](N)c1c(Cl)ccc(Cl)c1Cl. The minimum absolute atomic E-state index is 0. The van der Waals surface area contributed by atoms with Gasteiger partial charge in [-0.15, -0.1) is 12.4 Å². The molecule has 0 saturated carbocycles. The van der Waals surface area contributed by atoms with Crippen LogP contribution in [0.3, 0.4) is 0 Å². The molecule has 0 spiro atoms. The zero-order valence-electron chi connectivity index (χ0n) is 7.14. The molecule has 2 nitrogen and oxygen atoms in total. The summed E-state index contributed by atoms with van der Waals surface area (Å²) < 4.78 is 0. The van der Waals surface area contributed by atoms with Crippen molar-refractivity contribution < 1.29 is 0 Å². The van der Waals surface area contributed by atoms with Crippen LogP contribution < -0.4 is 11.5 Å². The van der Waals surface area contributed by atoms with Crippen LogP contribution in [0.15, 0.2) is 12.1 Å². The van der Waals surface area contributed by atoms with Gasteiger partial charge in [0.05, 0.1) is 10.0 Å². The Hall–Kier alpha value is 0.300. The molecule has 14 heavy (non-hydrogen) atoms. The zero-order valence-corrected chi connectivity index (χ0v) is 10.2. The van der Waals surface area contributed by atoms with Crippen molar-refractivity contribution in [1.82, 2.24) is 0 Å². The Morgan fingerprint density at radius 2 is 1.64 bits per heavy atom. The summed E-state index contributed by atoms with van der Waals surface area (Å²) in [6.45, 7) is 0.278. The molecule has 0 aliphatic heterocycles. The minimum atomic E-state index is -0.376. The molecule has 1 aromatic carbocycles. The molecule has 1 rings (SSSR count). The average Bonchev–Trinajstić information content (AvgIpc) is 2.12. The summed E-state index contributed by atoms with van der Waals surface area (Å²) in [7, 11) is 0. The Kier molecular flexibility index (Phi) is 6.14. The summed E-state index contributed by atoms with van der Waals surface area (Å²) in [5.74, 6) is 0. The van der Waals surface area contributed by atoms with Gasteiger partial charge in [-0.05, 0) is 12.1 Å². The normalized spacial score (nSPS) is 12.1. The third-order valence-electron chi connectivity index (χ3n) is 1.70. The summed E-state index contributed by atoms with van der Waals surface area (Å²) in [6.07, 6.45) is 0. The second-order valence-electron chi connectivity index (χ2n) is 2.60. The fourth-order valence-corrected chi connectivity index (χ4v) is 1.82. The van der Waals surface area contributed by atoms with Crippen molar-refractivity contribution in [1.29, 1.82) is 0 Å². The molecule has 0 aromatic heterocycles. The third-order valence-corrected chi connectivity index (χ3v) is 2.85. The summed E-state index contributed by atoms with van der Waals surface area (Å²) in [6, 6.07) is 2.90. The maximum absolute atomic E-state index is 5.92. The summed E-state index contributed by atoms with van der Waals surface area (Å²) in [5, 5.41) is 1.31. The molecule has 1 aromatic rings. The zero-order chi connectivity index (χ0) is 10.0. The molecule has 1 atom stereocenters. The Labute approximate surface area is 104 Å². The minimum Gasteiger partial charge on any atom is -0.329 e. The molecular formula is C8H10Cl4N2. The monoisotopic (exact) mass is 274 g/mol. The van der Waals surface area contributed by atoms with Gasteiger partial charge in [-0.2, -0.15) is 0 Å². The first-order valence-corrected chi connectivity index (χ1v) is 4.80. The summed E-state index contributed by atoms with van der Waals surface area (Å²) in [5.41, 5.74) is 11.7. The Bertz CT molecular complexity index is 316. The Morgan fingerprint density at radius 1 is 1.14 bits per heavy atom. The molecule has 0 fully saturated rings. The quantitative estimate of drug-likeness (QED) is 0.816. The van der Waals surface area contributed by atoms with E-state index in [1.165, 1.54) is 0 Å². The molecule has 0 radical (unpaired) electrons. The van der Waals surface area contributed by atoms with Gasteiger partial charge in [-0.3, -0.25) is 0 Å². The van der Waals surface area contributed by atoms with E-state index in [0.29, 0.717) is 20.6 Å². The number of rotatable bonds is 2. The Morgan fingerprint density at radius 3 is 2.14 bits per heavy atom. The molecule has 0 saturated heterocycles. The molecule has 0 aliphatic rings. The van der Waals surface area contributed by atoms with Crippen LogP contribution in [0.25, 0.3) is 0 Å². The smallest absolute Gasteiger partial charge is 0.0655 e. The van der Waals surface area contributed by atoms with E-state index in [9.17, 15) is 0 Å². The van der Waals surface area contributed by atoms with Gasteiger partial charge in [0.25, 0.3) is 0 Å². The fourth-order valence-electron chi connectivity index (χ4n) is 1.00. The highest BCUT2D eigenvalue weighted by Gasteiger charge is 2.14. The highest BCUT2D eigenvalue weighted by Crippen LogP contribution is 2.34. The standard InChI is InChI=1S/C8H9Cl3N2.ClH/c9-4-1-2-5(10)8(11)7(4)6(13)3-12;/h1-2,6H,3,12-13H2;1H/t6-;/m1./s1. The third kappa shape index (κ3) is 2.89. The lowest BCUT2D eigenvalue weighted by molar-refractivity contribution is 0.737. The summed E-state index contributed by atoms with van der Waals surface area (Å²) >= 11 is 17.6. The van der Waals surface area contributed by atoms with Gasteiger partial charge < -0.3 is 11.5 Å². The molecule has 6 heteroatoms. The highest BCUT2D eigenvalue weighted by molar-refractivity contribution is 6.44. The Balaban J connectivity index is 0.00000169. The van der Waals surface area contributed by atoms with Crippen molar-refractivity contribution in [3.63, 3.8) is 0 Å². The molecule has 0 unspecified atom stereocenters. The van der Waals surface area contributed by atoms with Crippen LogP contribution in [-0.4, -0.2) is 6.54 Å². The van der Waals surface area contributed by atoms with Crippen LogP contribution in [0.2, 0.25) is 15.1 Å². The van der Waals surface area contributed by atoms with Gasteiger partial charge in [-0.1, -0.05) is 34.8 Å². The molecular weight excluding hydrogens is 266 g/mol. The van der Waals surface area contributed by atoms with Crippen molar-refractivity contribution in [2.45, 2.75) is 6.04 Å². The molecule has 80 valence electrons. The van der Waals surface area contributed by atoms with E-state index in [1.807, 2.05) is 0 Å². The maximum Gasteiger partial charge on any atom is 0.0655 e. The van der Waals surface area contributed by atoms with Crippen molar-refractivity contribution in [2.24, 2.45) is 11.5 Å². The first-order valence-electron chi connectivity index (χ1n) is 3.67. The first-order chi connectivity index (χ1) is 6.07. The van der Waals surface area contributed by atoms with Gasteiger partial charge in [0.15, 0.2) is 0 Å². The number of benzene rings is 1. The van der Waals surface area contributed by atoms with Crippen molar-refractivity contribution >= 4 is 47.2 Å².